The van der Waals surface area contributed by atoms with Crippen molar-refractivity contribution in [1.29, 1.82) is 0 Å². The lowest BCUT2D eigenvalue weighted by Crippen LogP contribution is -2.31. The van der Waals surface area contributed by atoms with Crippen LogP contribution < -0.4 is 4.74 Å². The number of aliphatic carboxylic acids is 1. The minimum Gasteiger partial charge on any atom is -0.481 e. The lowest BCUT2D eigenvalue weighted by molar-refractivity contribution is -0.137. The molecular weight excluding hydrogens is 280 g/mol. The molecule has 1 aromatic rings. The molecule has 0 spiro atoms. The van der Waals surface area contributed by atoms with E-state index in [0.29, 0.717) is 18.2 Å². The maximum atomic E-state index is 12.5. The molecule has 6 heteroatoms. The van der Waals surface area contributed by atoms with Gasteiger partial charge in [0.15, 0.2) is 0 Å². The van der Waals surface area contributed by atoms with Gasteiger partial charge in [0.25, 0.3) is 0 Å². The zero-order valence-corrected chi connectivity index (χ0v) is 11.8. The SMILES string of the molecule is CC(c1ccccc1OC(F)F)N(CCC(=O)O)C1CC1. The molecule has 0 aliphatic heterocycles. The van der Waals surface area contributed by atoms with E-state index < -0.39 is 12.6 Å². The van der Waals surface area contributed by atoms with E-state index in [1.54, 1.807) is 18.2 Å². The molecule has 1 saturated carbocycles. The van der Waals surface area contributed by atoms with Crippen LogP contribution in [0.2, 0.25) is 0 Å². The van der Waals surface area contributed by atoms with E-state index >= 15 is 0 Å². The second kappa shape index (κ2) is 6.85. The van der Waals surface area contributed by atoms with Crippen LogP contribution in [-0.2, 0) is 4.79 Å². The zero-order valence-electron chi connectivity index (χ0n) is 11.8. The van der Waals surface area contributed by atoms with Crippen LogP contribution in [0.5, 0.6) is 5.75 Å². The van der Waals surface area contributed by atoms with Crippen LogP contribution >= 0.6 is 0 Å². The molecule has 1 N–H and O–H groups in total. The summed E-state index contributed by atoms with van der Waals surface area (Å²) >= 11 is 0. The monoisotopic (exact) mass is 299 g/mol. The number of carboxylic acid groups (broad SMARTS) is 1. The summed E-state index contributed by atoms with van der Waals surface area (Å²) in [4.78, 5) is 12.8. The summed E-state index contributed by atoms with van der Waals surface area (Å²) < 4.78 is 29.5. The van der Waals surface area contributed by atoms with Crippen LogP contribution in [0.25, 0.3) is 0 Å². The van der Waals surface area contributed by atoms with Gasteiger partial charge in [-0.1, -0.05) is 18.2 Å². The molecule has 1 atom stereocenters. The number of carboxylic acids is 1. The standard InChI is InChI=1S/C15H19F2NO3/c1-10(18(11-6-7-11)9-8-14(19)20)12-4-2-3-5-13(12)21-15(16)17/h2-5,10-11,15H,6-9H2,1H3,(H,19,20). The molecule has 0 radical (unpaired) electrons. The third kappa shape index (κ3) is 4.39. The molecule has 0 aromatic heterocycles. The predicted octanol–water partition coefficient (Wildman–Crippen LogP) is 3.29. The van der Waals surface area contributed by atoms with Gasteiger partial charge < -0.3 is 9.84 Å². The molecule has 1 aromatic carbocycles. The normalized spacial score (nSPS) is 16.2. The van der Waals surface area contributed by atoms with Crippen LogP contribution in [0.4, 0.5) is 8.78 Å². The third-order valence-electron chi connectivity index (χ3n) is 3.68. The predicted molar refractivity (Wildman–Crippen MR) is 73.5 cm³/mol. The van der Waals surface area contributed by atoms with E-state index in [4.69, 9.17) is 5.11 Å². The number of ether oxygens (including phenoxy) is 1. The van der Waals surface area contributed by atoms with Gasteiger partial charge in [0.2, 0.25) is 0 Å². The lowest BCUT2D eigenvalue weighted by Gasteiger charge is -2.30. The van der Waals surface area contributed by atoms with E-state index in [-0.39, 0.29) is 18.2 Å². The van der Waals surface area contributed by atoms with Crippen molar-refractivity contribution in [3.05, 3.63) is 29.8 Å². The van der Waals surface area contributed by atoms with Gasteiger partial charge in [-0.3, -0.25) is 9.69 Å². The van der Waals surface area contributed by atoms with Crippen molar-refractivity contribution in [1.82, 2.24) is 4.90 Å². The van der Waals surface area contributed by atoms with E-state index in [1.807, 2.05) is 6.92 Å². The Labute approximate surface area is 122 Å². The third-order valence-corrected chi connectivity index (χ3v) is 3.68. The molecule has 0 bridgehead atoms. The Balaban J connectivity index is 2.15. The first kappa shape index (κ1) is 15.7. The summed E-state index contributed by atoms with van der Waals surface area (Å²) in [6, 6.07) is 6.85. The summed E-state index contributed by atoms with van der Waals surface area (Å²) in [5.41, 5.74) is 0.662. The molecule has 116 valence electrons. The molecule has 0 amide bonds. The van der Waals surface area contributed by atoms with Crippen LogP contribution in [0.1, 0.15) is 37.8 Å². The van der Waals surface area contributed by atoms with Gasteiger partial charge in [-0.2, -0.15) is 8.78 Å². The van der Waals surface area contributed by atoms with Gasteiger partial charge in [-0.15, -0.1) is 0 Å². The van der Waals surface area contributed by atoms with Gasteiger partial charge in [0.05, 0.1) is 6.42 Å². The highest BCUT2D eigenvalue weighted by Crippen LogP contribution is 2.37. The summed E-state index contributed by atoms with van der Waals surface area (Å²) in [5.74, 6) is -0.703. The first-order chi connectivity index (χ1) is 9.99. The molecule has 1 unspecified atom stereocenters. The Bertz CT molecular complexity index is 492. The Morgan fingerprint density at radius 2 is 2.10 bits per heavy atom. The summed E-state index contributed by atoms with van der Waals surface area (Å²) in [6.45, 7) is -0.565. The van der Waals surface area contributed by atoms with Gasteiger partial charge in [-0.25, -0.2) is 0 Å². The van der Waals surface area contributed by atoms with Crippen molar-refractivity contribution in [2.45, 2.75) is 44.9 Å². The van der Waals surface area contributed by atoms with Gasteiger partial charge in [0, 0.05) is 24.2 Å². The zero-order chi connectivity index (χ0) is 15.4. The minimum absolute atomic E-state index is 0.0404. The average molecular weight is 299 g/mol. The fraction of sp³-hybridized carbons (Fsp3) is 0.533. The van der Waals surface area contributed by atoms with Crippen LogP contribution in [0.3, 0.4) is 0 Å². The number of benzene rings is 1. The average Bonchev–Trinajstić information content (AvgIpc) is 3.23. The highest BCUT2D eigenvalue weighted by Gasteiger charge is 2.33. The number of carbonyl (C=O) groups is 1. The second-order valence-electron chi connectivity index (χ2n) is 5.21. The highest BCUT2D eigenvalue weighted by atomic mass is 19.3. The molecular formula is C15H19F2NO3. The Kier molecular flexibility index (Phi) is 5.12. The fourth-order valence-corrected chi connectivity index (χ4v) is 2.53. The van der Waals surface area contributed by atoms with Crippen molar-refractivity contribution >= 4 is 5.97 Å². The largest absolute Gasteiger partial charge is 0.481 e. The van der Waals surface area contributed by atoms with E-state index in [9.17, 15) is 13.6 Å². The quantitative estimate of drug-likeness (QED) is 0.800. The van der Waals surface area contributed by atoms with Gasteiger partial charge >= 0.3 is 12.6 Å². The smallest absolute Gasteiger partial charge is 0.387 e. The van der Waals surface area contributed by atoms with Crippen molar-refractivity contribution in [2.24, 2.45) is 0 Å². The molecule has 21 heavy (non-hydrogen) atoms. The minimum atomic E-state index is -2.87. The molecule has 1 aliphatic rings. The van der Waals surface area contributed by atoms with Crippen LogP contribution in [0, 0.1) is 0 Å². The van der Waals surface area contributed by atoms with E-state index in [2.05, 4.69) is 9.64 Å². The first-order valence-corrected chi connectivity index (χ1v) is 7.00. The number of para-hydroxylation sites is 1. The van der Waals surface area contributed by atoms with E-state index in [1.165, 1.54) is 6.07 Å². The topological polar surface area (TPSA) is 49.8 Å². The first-order valence-electron chi connectivity index (χ1n) is 7.00. The van der Waals surface area contributed by atoms with Gasteiger partial charge in [0.1, 0.15) is 5.75 Å². The maximum Gasteiger partial charge on any atom is 0.387 e. The van der Waals surface area contributed by atoms with Crippen molar-refractivity contribution in [2.75, 3.05) is 6.54 Å². The summed E-state index contributed by atoms with van der Waals surface area (Å²) in [6.07, 6.45) is 2.07. The Morgan fingerprint density at radius 3 is 2.67 bits per heavy atom. The Morgan fingerprint density at radius 1 is 1.43 bits per heavy atom. The fourth-order valence-electron chi connectivity index (χ4n) is 2.53. The lowest BCUT2D eigenvalue weighted by atomic mass is 10.1. The molecule has 0 saturated heterocycles. The second-order valence-corrected chi connectivity index (χ2v) is 5.21. The molecule has 1 fully saturated rings. The number of rotatable bonds is 8. The maximum absolute atomic E-state index is 12.5. The molecule has 2 rings (SSSR count). The number of nitrogens with zero attached hydrogens (tertiary/aromatic N) is 1. The highest BCUT2D eigenvalue weighted by molar-refractivity contribution is 5.66. The number of alkyl halides is 2. The van der Waals surface area contributed by atoms with Crippen LogP contribution in [-0.4, -0.2) is 35.2 Å². The van der Waals surface area contributed by atoms with Crippen molar-refractivity contribution in [3.8, 4) is 5.75 Å². The van der Waals surface area contributed by atoms with Crippen molar-refractivity contribution in [3.63, 3.8) is 0 Å². The number of hydrogen-bond donors (Lipinski definition) is 1. The van der Waals surface area contributed by atoms with Gasteiger partial charge in [-0.05, 0) is 25.8 Å². The Hall–Kier alpha value is -1.69. The molecule has 0 heterocycles. The molecule has 4 nitrogen and oxygen atoms in total. The van der Waals surface area contributed by atoms with Crippen molar-refractivity contribution < 1.29 is 23.4 Å². The molecule has 1 aliphatic carbocycles. The number of hydrogen-bond acceptors (Lipinski definition) is 3. The summed E-state index contributed by atoms with van der Waals surface area (Å²) in [7, 11) is 0. The number of halogens is 2. The van der Waals surface area contributed by atoms with Crippen LogP contribution in [0.15, 0.2) is 24.3 Å². The summed E-state index contributed by atoms with van der Waals surface area (Å²) in [5, 5.41) is 8.84. The van der Waals surface area contributed by atoms with E-state index in [0.717, 1.165) is 12.8 Å².